The molecule has 1 aromatic rings. The summed E-state index contributed by atoms with van der Waals surface area (Å²) < 4.78 is 0. The minimum atomic E-state index is 0.227. The van der Waals surface area contributed by atoms with Crippen LogP contribution in [0.1, 0.15) is 51.3 Å². The highest BCUT2D eigenvalue weighted by Crippen LogP contribution is 2.30. The van der Waals surface area contributed by atoms with Crippen molar-refractivity contribution in [1.29, 1.82) is 0 Å². The van der Waals surface area contributed by atoms with Gasteiger partial charge in [-0.15, -0.1) is 0 Å². The van der Waals surface area contributed by atoms with Crippen LogP contribution in [-0.4, -0.2) is 35.1 Å². The number of rotatable bonds is 3. The minimum Gasteiger partial charge on any atom is -0.356 e. The van der Waals surface area contributed by atoms with Crippen molar-refractivity contribution in [2.24, 2.45) is 5.92 Å². The molecule has 116 valence electrons. The molecular formula is C17H28N4. The van der Waals surface area contributed by atoms with Crippen molar-refractivity contribution in [3.05, 3.63) is 17.6 Å². The first-order chi connectivity index (χ1) is 10.0. The highest BCUT2D eigenvalue weighted by molar-refractivity contribution is 5.50. The van der Waals surface area contributed by atoms with Gasteiger partial charge in [-0.1, -0.05) is 0 Å². The number of nitrogens with zero attached hydrogens (tertiary/aromatic N) is 3. The average Bonchev–Trinajstić information content (AvgIpc) is 2.93. The van der Waals surface area contributed by atoms with E-state index in [0.717, 1.165) is 38.4 Å². The van der Waals surface area contributed by atoms with Gasteiger partial charge in [0.1, 0.15) is 12.1 Å². The Bertz CT molecular complexity index is 484. The van der Waals surface area contributed by atoms with E-state index in [-0.39, 0.29) is 5.54 Å². The molecule has 0 radical (unpaired) electrons. The summed E-state index contributed by atoms with van der Waals surface area (Å²) >= 11 is 0. The second-order valence-electron chi connectivity index (χ2n) is 7.54. The summed E-state index contributed by atoms with van der Waals surface area (Å²) in [7, 11) is 0. The average molecular weight is 288 g/mol. The second kappa shape index (κ2) is 5.91. The van der Waals surface area contributed by atoms with Crippen molar-refractivity contribution in [3.8, 4) is 0 Å². The number of aromatic nitrogens is 2. The van der Waals surface area contributed by atoms with Crippen molar-refractivity contribution in [1.82, 2.24) is 15.3 Å². The Labute approximate surface area is 128 Å². The molecule has 4 heteroatoms. The fourth-order valence-corrected chi connectivity index (χ4v) is 3.41. The largest absolute Gasteiger partial charge is 0.356 e. The first-order valence-corrected chi connectivity index (χ1v) is 8.36. The molecule has 2 heterocycles. The van der Waals surface area contributed by atoms with Crippen LogP contribution in [0.3, 0.4) is 0 Å². The van der Waals surface area contributed by atoms with Gasteiger partial charge in [0.15, 0.2) is 0 Å². The van der Waals surface area contributed by atoms with E-state index in [9.17, 15) is 0 Å². The standard InChI is InChI=1S/C17H28N4/c1-17(2,3)20-11-13-7-9-21(10-8-13)16-14-5-4-6-15(14)18-12-19-16/h12-13,20H,4-11H2,1-3H3. The maximum atomic E-state index is 4.58. The van der Waals surface area contributed by atoms with E-state index in [4.69, 9.17) is 0 Å². The summed E-state index contributed by atoms with van der Waals surface area (Å²) in [6, 6.07) is 0. The van der Waals surface area contributed by atoms with Crippen molar-refractivity contribution >= 4 is 5.82 Å². The van der Waals surface area contributed by atoms with Crippen molar-refractivity contribution in [2.45, 2.75) is 58.4 Å². The van der Waals surface area contributed by atoms with E-state index in [2.05, 4.69) is 41.0 Å². The highest BCUT2D eigenvalue weighted by Gasteiger charge is 2.25. The van der Waals surface area contributed by atoms with Crippen LogP contribution in [0.5, 0.6) is 0 Å². The Balaban J connectivity index is 1.58. The van der Waals surface area contributed by atoms with Crippen molar-refractivity contribution < 1.29 is 0 Å². The SMILES string of the molecule is CC(C)(C)NCC1CCN(c2ncnc3c2CCC3)CC1. The summed E-state index contributed by atoms with van der Waals surface area (Å²) in [6.45, 7) is 10.1. The van der Waals surface area contributed by atoms with E-state index >= 15 is 0 Å². The zero-order valence-electron chi connectivity index (χ0n) is 13.7. The summed E-state index contributed by atoms with van der Waals surface area (Å²) in [5.41, 5.74) is 2.94. The third-order valence-corrected chi connectivity index (χ3v) is 4.69. The molecule has 0 aromatic carbocycles. The van der Waals surface area contributed by atoms with Crippen LogP contribution in [0.25, 0.3) is 0 Å². The normalized spacial score (nSPS) is 19.9. The van der Waals surface area contributed by atoms with Gasteiger partial charge >= 0.3 is 0 Å². The van der Waals surface area contributed by atoms with E-state index in [0.29, 0.717) is 0 Å². The smallest absolute Gasteiger partial charge is 0.135 e. The molecule has 1 saturated heterocycles. The molecule has 21 heavy (non-hydrogen) atoms. The number of piperidine rings is 1. The number of aryl methyl sites for hydroxylation is 1. The number of anilines is 1. The van der Waals surface area contributed by atoms with Gasteiger partial charge in [0.05, 0.1) is 0 Å². The Morgan fingerprint density at radius 2 is 1.95 bits per heavy atom. The lowest BCUT2D eigenvalue weighted by molar-refractivity contribution is 0.328. The van der Waals surface area contributed by atoms with E-state index in [1.807, 2.05) is 0 Å². The summed E-state index contributed by atoms with van der Waals surface area (Å²) in [5, 5.41) is 3.64. The molecule has 4 nitrogen and oxygen atoms in total. The van der Waals surface area contributed by atoms with Crippen LogP contribution in [0, 0.1) is 5.92 Å². The van der Waals surface area contributed by atoms with Crippen LogP contribution in [0.2, 0.25) is 0 Å². The Hall–Kier alpha value is -1.16. The molecule has 1 N–H and O–H groups in total. The highest BCUT2D eigenvalue weighted by atomic mass is 15.2. The van der Waals surface area contributed by atoms with Crippen molar-refractivity contribution in [3.63, 3.8) is 0 Å². The van der Waals surface area contributed by atoms with E-state index < -0.39 is 0 Å². The quantitative estimate of drug-likeness (QED) is 0.928. The molecular weight excluding hydrogens is 260 g/mol. The molecule has 0 bridgehead atoms. The zero-order chi connectivity index (χ0) is 14.9. The number of nitrogens with one attached hydrogen (secondary N) is 1. The minimum absolute atomic E-state index is 0.227. The van der Waals surface area contributed by atoms with Gasteiger partial charge in [0, 0.05) is 29.9 Å². The predicted molar refractivity (Wildman–Crippen MR) is 86.7 cm³/mol. The van der Waals surface area contributed by atoms with Gasteiger partial charge in [-0.25, -0.2) is 9.97 Å². The van der Waals surface area contributed by atoms with Crippen molar-refractivity contribution in [2.75, 3.05) is 24.5 Å². The third-order valence-electron chi connectivity index (χ3n) is 4.69. The maximum absolute atomic E-state index is 4.58. The molecule has 0 saturated carbocycles. The topological polar surface area (TPSA) is 41.0 Å². The molecule has 2 aliphatic rings. The van der Waals surface area contributed by atoms with Crippen LogP contribution >= 0.6 is 0 Å². The van der Waals surface area contributed by atoms with E-state index in [1.165, 1.54) is 36.3 Å². The number of hydrogen-bond acceptors (Lipinski definition) is 4. The Kier molecular flexibility index (Phi) is 4.16. The summed E-state index contributed by atoms with van der Waals surface area (Å²) in [6.07, 6.45) is 7.83. The number of hydrogen-bond donors (Lipinski definition) is 1. The fraction of sp³-hybridized carbons (Fsp3) is 0.765. The molecule has 3 rings (SSSR count). The summed E-state index contributed by atoms with van der Waals surface area (Å²) in [4.78, 5) is 11.5. The fourth-order valence-electron chi connectivity index (χ4n) is 3.41. The molecule has 1 fully saturated rings. The second-order valence-corrected chi connectivity index (χ2v) is 7.54. The zero-order valence-corrected chi connectivity index (χ0v) is 13.7. The molecule has 1 aliphatic heterocycles. The van der Waals surface area contributed by atoms with Gasteiger partial charge in [0.2, 0.25) is 0 Å². The van der Waals surface area contributed by atoms with Crippen LogP contribution in [-0.2, 0) is 12.8 Å². The van der Waals surface area contributed by atoms with Crippen LogP contribution in [0.15, 0.2) is 6.33 Å². The Morgan fingerprint density at radius 3 is 2.67 bits per heavy atom. The molecule has 0 amide bonds. The van der Waals surface area contributed by atoms with Crippen LogP contribution < -0.4 is 10.2 Å². The summed E-state index contributed by atoms with van der Waals surface area (Å²) in [5.74, 6) is 2.02. The molecule has 0 unspecified atom stereocenters. The molecule has 1 aliphatic carbocycles. The van der Waals surface area contributed by atoms with Crippen LogP contribution in [0.4, 0.5) is 5.82 Å². The van der Waals surface area contributed by atoms with Gasteiger partial charge in [0.25, 0.3) is 0 Å². The monoisotopic (exact) mass is 288 g/mol. The van der Waals surface area contributed by atoms with Gasteiger partial charge in [-0.2, -0.15) is 0 Å². The lowest BCUT2D eigenvalue weighted by Gasteiger charge is -2.35. The van der Waals surface area contributed by atoms with Gasteiger partial charge < -0.3 is 10.2 Å². The third kappa shape index (κ3) is 3.54. The first kappa shape index (κ1) is 14.8. The van der Waals surface area contributed by atoms with Gasteiger partial charge in [-0.3, -0.25) is 0 Å². The molecule has 1 aromatic heterocycles. The maximum Gasteiger partial charge on any atom is 0.135 e. The lowest BCUT2D eigenvalue weighted by Crippen LogP contribution is -2.43. The van der Waals surface area contributed by atoms with E-state index in [1.54, 1.807) is 6.33 Å². The molecule has 0 spiro atoms. The first-order valence-electron chi connectivity index (χ1n) is 8.36. The molecule has 0 atom stereocenters. The lowest BCUT2D eigenvalue weighted by atomic mass is 9.95. The predicted octanol–water partition coefficient (Wildman–Crippen LogP) is 2.57. The van der Waals surface area contributed by atoms with Gasteiger partial charge in [-0.05, 0) is 65.3 Å². The number of fused-ring (bicyclic) bond motifs is 1. The Morgan fingerprint density at radius 1 is 1.19 bits per heavy atom.